The van der Waals surface area contributed by atoms with Gasteiger partial charge in [-0.15, -0.1) is 13.2 Å². The number of nitrogens with zero attached hydrogens (tertiary/aromatic N) is 2. The minimum Gasteiger partial charge on any atom is -0.368 e. The molecule has 0 amide bonds. The average molecular weight is 278 g/mol. The van der Waals surface area contributed by atoms with E-state index in [-0.39, 0.29) is 11.7 Å². The van der Waals surface area contributed by atoms with Crippen LogP contribution in [-0.2, 0) is 0 Å². The molecule has 0 unspecified atom stereocenters. The molecule has 0 radical (unpaired) electrons. The van der Waals surface area contributed by atoms with E-state index in [4.69, 9.17) is 10.8 Å². The Bertz CT molecular complexity index is 368. The van der Waals surface area contributed by atoms with Crippen LogP contribution in [0, 0.1) is 10.8 Å². The lowest BCUT2D eigenvalue weighted by atomic mass is 10.0. The fourth-order valence-electron chi connectivity index (χ4n) is 1.13. The molecule has 6 heteroatoms. The van der Waals surface area contributed by atoms with Gasteiger partial charge in [0.1, 0.15) is 22.7 Å². The summed E-state index contributed by atoms with van der Waals surface area (Å²) < 4.78 is 0. The van der Waals surface area contributed by atoms with E-state index < -0.39 is 11.1 Å². The van der Waals surface area contributed by atoms with Crippen LogP contribution in [0.15, 0.2) is 35.5 Å². The zero-order valence-corrected chi connectivity index (χ0v) is 12.9. The topological polar surface area (TPSA) is 96.5 Å². The first kappa shape index (κ1) is 18.0. The van der Waals surface area contributed by atoms with Crippen molar-refractivity contribution in [2.75, 3.05) is 13.1 Å². The van der Waals surface area contributed by atoms with Gasteiger partial charge < -0.3 is 10.6 Å². The Labute approximate surface area is 121 Å². The molecule has 0 heterocycles. The van der Waals surface area contributed by atoms with E-state index in [1.54, 1.807) is 39.8 Å². The first-order valence-electron chi connectivity index (χ1n) is 6.49. The van der Waals surface area contributed by atoms with Crippen molar-refractivity contribution in [2.24, 2.45) is 10.2 Å². The zero-order chi connectivity index (χ0) is 15.8. The second kappa shape index (κ2) is 7.57. The van der Waals surface area contributed by atoms with Gasteiger partial charge in [0, 0.05) is 13.1 Å². The highest BCUT2D eigenvalue weighted by molar-refractivity contribution is 5.89. The zero-order valence-electron chi connectivity index (χ0n) is 12.9. The normalized spacial score (nSPS) is 12.0. The van der Waals surface area contributed by atoms with E-state index in [0.29, 0.717) is 13.1 Å². The van der Waals surface area contributed by atoms with Crippen molar-refractivity contribution < 1.29 is 0 Å². The smallest absolute Gasteiger partial charge is 0.132 e. The molecule has 0 saturated heterocycles. The SMILES string of the molecule is C=CCNC(=N)C(C)(C)/N=N/C(C)(C)C(=N)NCC=C. The van der Waals surface area contributed by atoms with E-state index in [1.807, 2.05) is 0 Å². The fraction of sp³-hybridized carbons (Fsp3) is 0.571. The predicted molar refractivity (Wildman–Crippen MR) is 84.9 cm³/mol. The number of hydrogen-bond acceptors (Lipinski definition) is 4. The minimum atomic E-state index is -0.765. The molecule has 0 aliphatic carbocycles. The first-order valence-corrected chi connectivity index (χ1v) is 6.49. The molecule has 0 aliphatic rings. The third-order valence-corrected chi connectivity index (χ3v) is 2.62. The van der Waals surface area contributed by atoms with Gasteiger partial charge in [0.2, 0.25) is 0 Å². The third kappa shape index (κ3) is 5.77. The molecule has 0 aliphatic heterocycles. The maximum Gasteiger partial charge on any atom is 0.132 e. The Morgan fingerprint density at radius 3 is 1.45 bits per heavy atom. The van der Waals surface area contributed by atoms with Gasteiger partial charge in [-0.25, -0.2) is 0 Å². The molecule has 0 spiro atoms. The van der Waals surface area contributed by atoms with Gasteiger partial charge in [-0.1, -0.05) is 12.2 Å². The number of hydrogen-bond donors (Lipinski definition) is 4. The lowest BCUT2D eigenvalue weighted by Gasteiger charge is -2.24. The van der Waals surface area contributed by atoms with Crippen LogP contribution < -0.4 is 10.6 Å². The third-order valence-electron chi connectivity index (χ3n) is 2.62. The summed E-state index contributed by atoms with van der Waals surface area (Å²) in [5.41, 5.74) is -1.53. The molecule has 4 N–H and O–H groups in total. The largest absolute Gasteiger partial charge is 0.368 e. The standard InChI is InChI=1S/C14H26N6/c1-7-9-17-11(15)13(3,4)19-20-14(5,6)12(16)18-10-8-2/h7-8H,1-2,9-10H2,3-6H3,(H2,15,17)(H2,16,18)/b20-19+. The highest BCUT2D eigenvalue weighted by atomic mass is 15.2. The molecule has 0 aromatic carbocycles. The summed E-state index contributed by atoms with van der Waals surface area (Å²) >= 11 is 0. The first-order chi connectivity index (χ1) is 9.17. The second-order valence-corrected chi connectivity index (χ2v) is 5.41. The highest BCUT2D eigenvalue weighted by Gasteiger charge is 2.27. The summed E-state index contributed by atoms with van der Waals surface area (Å²) in [6.45, 7) is 15.4. The van der Waals surface area contributed by atoms with Crippen LogP contribution in [0.3, 0.4) is 0 Å². The molecule has 0 atom stereocenters. The van der Waals surface area contributed by atoms with Crippen LogP contribution in [0.25, 0.3) is 0 Å². The second-order valence-electron chi connectivity index (χ2n) is 5.41. The van der Waals surface area contributed by atoms with Crippen molar-refractivity contribution in [3.8, 4) is 0 Å². The molecular formula is C14H26N6. The van der Waals surface area contributed by atoms with E-state index in [0.717, 1.165) is 0 Å². The molecule has 0 aromatic rings. The van der Waals surface area contributed by atoms with Crippen LogP contribution in [0.2, 0.25) is 0 Å². The van der Waals surface area contributed by atoms with Gasteiger partial charge in [0.15, 0.2) is 0 Å². The van der Waals surface area contributed by atoms with Crippen molar-refractivity contribution in [1.82, 2.24) is 10.6 Å². The van der Waals surface area contributed by atoms with Crippen LogP contribution in [0.4, 0.5) is 0 Å². The highest BCUT2D eigenvalue weighted by Crippen LogP contribution is 2.16. The van der Waals surface area contributed by atoms with E-state index in [1.165, 1.54) is 0 Å². The summed E-state index contributed by atoms with van der Waals surface area (Å²) in [5, 5.41) is 30.1. The van der Waals surface area contributed by atoms with Crippen molar-refractivity contribution >= 4 is 11.7 Å². The Balaban J connectivity index is 4.79. The lowest BCUT2D eigenvalue weighted by molar-refractivity contribution is 0.544. The quantitative estimate of drug-likeness (QED) is 0.237. The monoisotopic (exact) mass is 278 g/mol. The molecule has 6 nitrogen and oxygen atoms in total. The van der Waals surface area contributed by atoms with Gasteiger partial charge in [-0.2, -0.15) is 10.2 Å². The summed E-state index contributed by atoms with van der Waals surface area (Å²) in [4.78, 5) is 0. The Morgan fingerprint density at radius 2 is 1.20 bits per heavy atom. The van der Waals surface area contributed by atoms with E-state index >= 15 is 0 Å². The number of azo groups is 1. The van der Waals surface area contributed by atoms with Gasteiger partial charge >= 0.3 is 0 Å². The maximum absolute atomic E-state index is 7.93. The molecule has 20 heavy (non-hydrogen) atoms. The Hall–Kier alpha value is -1.98. The van der Waals surface area contributed by atoms with Gasteiger partial charge in [-0.05, 0) is 27.7 Å². The summed E-state index contributed by atoms with van der Waals surface area (Å²) in [6.07, 6.45) is 3.36. The van der Waals surface area contributed by atoms with Crippen molar-refractivity contribution in [3.05, 3.63) is 25.3 Å². The molecule has 0 bridgehead atoms. The van der Waals surface area contributed by atoms with Gasteiger partial charge in [-0.3, -0.25) is 10.8 Å². The van der Waals surface area contributed by atoms with Gasteiger partial charge in [0.05, 0.1) is 0 Å². The Morgan fingerprint density at radius 1 is 0.900 bits per heavy atom. The molecule has 0 saturated carbocycles. The molecular weight excluding hydrogens is 252 g/mol. The molecule has 0 fully saturated rings. The molecule has 112 valence electrons. The predicted octanol–water partition coefficient (Wildman–Crippen LogP) is 2.50. The Kier molecular flexibility index (Phi) is 6.82. The van der Waals surface area contributed by atoms with Crippen molar-refractivity contribution in [1.29, 1.82) is 10.8 Å². The summed E-state index contributed by atoms with van der Waals surface area (Å²) in [7, 11) is 0. The van der Waals surface area contributed by atoms with Crippen LogP contribution in [0.1, 0.15) is 27.7 Å². The lowest BCUT2D eigenvalue weighted by Crippen LogP contribution is -2.43. The summed E-state index contributed by atoms with van der Waals surface area (Å²) in [5.74, 6) is 0.532. The molecule has 0 aromatic heterocycles. The van der Waals surface area contributed by atoms with Crippen LogP contribution in [-0.4, -0.2) is 35.8 Å². The van der Waals surface area contributed by atoms with E-state index in [2.05, 4.69) is 34.0 Å². The van der Waals surface area contributed by atoms with Crippen molar-refractivity contribution in [2.45, 2.75) is 38.8 Å². The number of amidine groups is 2. The molecule has 0 rings (SSSR count). The van der Waals surface area contributed by atoms with E-state index in [9.17, 15) is 0 Å². The maximum atomic E-state index is 7.93. The van der Waals surface area contributed by atoms with Crippen molar-refractivity contribution in [3.63, 3.8) is 0 Å². The number of rotatable bonds is 8. The average Bonchev–Trinajstić information content (AvgIpc) is 2.39. The van der Waals surface area contributed by atoms with Crippen LogP contribution in [0.5, 0.6) is 0 Å². The summed E-state index contributed by atoms with van der Waals surface area (Å²) in [6, 6.07) is 0. The van der Waals surface area contributed by atoms with Crippen LogP contribution >= 0.6 is 0 Å². The fourth-order valence-corrected chi connectivity index (χ4v) is 1.13. The number of nitrogens with one attached hydrogen (secondary N) is 4. The van der Waals surface area contributed by atoms with Gasteiger partial charge in [0.25, 0.3) is 0 Å². The minimum absolute atomic E-state index is 0.266.